The summed E-state index contributed by atoms with van der Waals surface area (Å²) < 4.78 is 1.08. The summed E-state index contributed by atoms with van der Waals surface area (Å²) >= 11 is 4.10. The highest BCUT2D eigenvalue weighted by molar-refractivity contribution is 14.1. The fourth-order valence-electron chi connectivity index (χ4n) is 1.44. The third kappa shape index (κ3) is 2.50. The molecule has 2 rings (SSSR count). The van der Waals surface area contributed by atoms with Gasteiger partial charge < -0.3 is 24.0 Å². The molecule has 0 aromatic heterocycles. The average Bonchev–Trinajstić information content (AvgIpc) is 2.47. The molecule has 0 aromatic carbocycles. The lowest BCUT2D eigenvalue weighted by atomic mass is 10.3. The van der Waals surface area contributed by atoms with Gasteiger partial charge in [0.25, 0.3) is 5.17 Å². The molecule has 2 unspecified atom stereocenters. The first-order valence-electron chi connectivity index (χ1n) is 4.11. The summed E-state index contributed by atoms with van der Waals surface area (Å²) in [6.07, 6.45) is 1.63. The maximum Gasteiger partial charge on any atom is 0.345 e. The second-order valence-corrected chi connectivity index (χ2v) is 5.31. The fraction of sp³-hybridized carbons (Fsp3) is 0.500. The number of halogens is 2. The van der Waals surface area contributed by atoms with Crippen LogP contribution in [0.25, 0.3) is 0 Å². The predicted molar refractivity (Wildman–Crippen MR) is 62.3 cm³/mol. The number of hydrogen-bond donors (Lipinski definition) is 1. The fourth-order valence-corrected chi connectivity index (χ4v) is 3.44. The van der Waals surface area contributed by atoms with Gasteiger partial charge in [-0.25, -0.2) is 9.69 Å². The predicted octanol–water partition coefficient (Wildman–Crippen LogP) is -2.77. The van der Waals surface area contributed by atoms with E-state index < -0.39 is 0 Å². The number of quaternary nitrogens is 1. The van der Waals surface area contributed by atoms with Crippen molar-refractivity contribution in [3.8, 4) is 0 Å². The van der Waals surface area contributed by atoms with Crippen LogP contribution in [0.15, 0.2) is 16.8 Å². The average molecular weight is 436 g/mol. The molecule has 0 aromatic rings. The quantitative estimate of drug-likeness (QED) is 0.357. The van der Waals surface area contributed by atoms with E-state index in [0.717, 1.165) is 26.7 Å². The number of allylic oxidation sites excluding steroid dienone is 1. The van der Waals surface area contributed by atoms with Crippen molar-refractivity contribution in [2.75, 3.05) is 11.0 Å². The maximum atomic E-state index is 11.5. The Kier molecular flexibility index (Phi) is 4.85. The van der Waals surface area contributed by atoms with E-state index in [4.69, 9.17) is 0 Å². The van der Waals surface area contributed by atoms with Gasteiger partial charge in [-0.3, -0.25) is 0 Å². The standard InChI is InChI=1S/C8H9IN2OS.HI/c1-5-2-7(12)11-4-6(3-9)13-8(11)10-5;/h2,6H,3-4H2,1H3;1H. The van der Waals surface area contributed by atoms with Crippen molar-refractivity contribution in [3.05, 3.63) is 11.8 Å². The molecule has 2 aliphatic rings. The number of rotatable bonds is 1. The minimum absolute atomic E-state index is 0. The number of alkyl halides is 1. The van der Waals surface area contributed by atoms with E-state index in [1.807, 2.05) is 6.92 Å². The van der Waals surface area contributed by atoms with E-state index in [9.17, 15) is 4.79 Å². The van der Waals surface area contributed by atoms with Crippen LogP contribution >= 0.6 is 34.4 Å². The van der Waals surface area contributed by atoms with E-state index in [-0.39, 0.29) is 29.9 Å². The number of amides is 1. The monoisotopic (exact) mass is 436 g/mol. The maximum absolute atomic E-state index is 11.5. The van der Waals surface area contributed by atoms with E-state index >= 15 is 0 Å². The van der Waals surface area contributed by atoms with Crippen molar-refractivity contribution < 1.29 is 33.7 Å². The van der Waals surface area contributed by atoms with Gasteiger partial charge in [0.2, 0.25) is 0 Å². The Bertz CT molecular complexity index is 316. The van der Waals surface area contributed by atoms with Crippen molar-refractivity contribution in [1.82, 2.24) is 0 Å². The van der Waals surface area contributed by atoms with Crippen molar-refractivity contribution >= 4 is 45.4 Å². The summed E-state index contributed by atoms with van der Waals surface area (Å²) in [5.74, 6) is 0.169. The molecule has 2 atom stereocenters. The Morgan fingerprint density at radius 3 is 3.14 bits per heavy atom. The Labute approximate surface area is 118 Å². The van der Waals surface area contributed by atoms with Gasteiger partial charge in [-0.1, -0.05) is 22.6 Å². The molecule has 6 heteroatoms. The molecule has 1 amide bonds. The third-order valence-electron chi connectivity index (χ3n) is 2.06. The number of carbonyl (C=O) groups excluding carboxylic acids is 1. The van der Waals surface area contributed by atoms with Crippen LogP contribution in [0.2, 0.25) is 0 Å². The molecule has 1 saturated heterocycles. The minimum atomic E-state index is 0. The highest BCUT2D eigenvalue weighted by Gasteiger charge is 2.39. The molecule has 1 N–H and O–H groups in total. The number of aliphatic imine (C=N–C) groups is 1. The van der Waals surface area contributed by atoms with Gasteiger partial charge in [-0.05, 0) is 18.7 Å². The van der Waals surface area contributed by atoms with Crippen LogP contribution in [-0.2, 0) is 4.79 Å². The van der Waals surface area contributed by atoms with Crippen LogP contribution in [0.5, 0.6) is 0 Å². The molecule has 0 aliphatic carbocycles. The molecular formula is C8H10I2N2OS. The van der Waals surface area contributed by atoms with Gasteiger partial charge in [0.1, 0.15) is 6.54 Å². The molecular weight excluding hydrogens is 426 g/mol. The van der Waals surface area contributed by atoms with Crippen LogP contribution < -0.4 is 28.9 Å². The second kappa shape index (κ2) is 5.26. The van der Waals surface area contributed by atoms with E-state index in [1.165, 1.54) is 0 Å². The molecule has 2 heterocycles. The molecule has 0 bridgehead atoms. The first-order valence-corrected chi connectivity index (χ1v) is 6.51. The van der Waals surface area contributed by atoms with Gasteiger partial charge >= 0.3 is 5.91 Å². The van der Waals surface area contributed by atoms with Gasteiger partial charge in [-0.15, -0.1) is 0 Å². The number of amidine groups is 1. The largest absolute Gasteiger partial charge is 1.00 e. The number of nitrogens with zero attached hydrogens (tertiary/aromatic N) is 1. The first-order chi connectivity index (χ1) is 6.20. The topological polar surface area (TPSA) is 33.9 Å². The lowest BCUT2D eigenvalue weighted by Gasteiger charge is -2.10. The number of hydrogen-bond acceptors (Lipinski definition) is 3. The van der Waals surface area contributed by atoms with Crippen molar-refractivity contribution in [2.45, 2.75) is 12.2 Å². The second-order valence-electron chi connectivity index (χ2n) is 3.14. The Morgan fingerprint density at radius 2 is 2.50 bits per heavy atom. The molecule has 78 valence electrons. The summed E-state index contributed by atoms with van der Waals surface area (Å²) in [4.78, 5) is 16.8. The number of thioether (sulfide) groups is 1. The first kappa shape index (κ1) is 12.9. The lowest BCUT2D eigenvalue weighted by Crippen LogP contribution is -3.15. The SMILES string of the molecule is CC1=CC(=O)[NH+]2CC(CI)SC2=N1.[I-]. The van der Waals surface area contributed by atoms with Crippen LogP contribution in [0.4, 0.5) is 0 Å². The molecule has 0 spiro atoms. The van der Waals surface area contributed by atoms with Crippen molar-refractivity contribution in [1.29, 1.82) is 0 Å². The molecule has 2 aliphatic heterocycles. The van der Waals surface area contributed by atoms with Crippen LogP contribution in [0.1, 0.15) is 6.92 Å². The van der Waals surface area contributed by atoms with Crippen molar-refractivity contribution in [3.63, 3.8) is 0 Å². The van der Waals surface area contributed by atoms with Gasteiger partial charge in [0.15, 0.2) is 0 Å². The van der Waals surface area contributed by atoms with Crippen LogP contribution in [0.3, 0.4) is 0 Å². The van der Waals surface area contributed by atoms with Crippen molar-refractivity contribution in [2.24, 2.45) is 4.99 Å². The molecule has 0 radical (unpaired) electrons. The zero-order valence-corrected chi connectivity index (χ0v) is 12.7. The Balaban J connectivity index is 0.000000980. The summed E-state index contributed by atoms with van der Waals surface area (Å²) in [7, 11) is 0. The number of carbonyl (C=O) groups is 1. The summed E-state index contributed by atoms with van der Waals surface area (Å²) in [5, 5.41) is 1.52. The Hall–Kier alpha value is 0.850. The van der Waals surface area contributed by atoms with Gasteiger partial charge in [-0.2, -0.15) is 4.99 Å². The molecule has 14 heavy (non-hydrogen) atoms. The Morgan fingerprint density at radius 1 is 1.79 bits per heavy atom. The zero-order chi connectivity index (χ0) is 9.42. The smallest absolute Gasteiger partial charge is 0.345 e. The van der Waals surface area contributed by atoms with Gasteiger partial charge in [0, 0.05) is 4.43 Å². The molecule has 0 saturated carbocycles. The van der Waals surface area contributed by atoms with Gasteiger partial charge in [0.05, 0.1) is 17.0 Å². The van der Waals surface area contributed by atoms with Crippen LogP contribution in [0, 0.1) is 0 Å². The van der Waals surface area contributed by atoms with Crippen LogP contribution in [-0.4, -0.2) is 27.3 Å². The van der Waals surface area contributed by atoms with E-state index in [1.54, 1.807) is 17.8 Å². The molecule has 1 fully saturated rings. The third-order valence-corrected chi connectivity index (χ3v) is 4.94. The van der Waals surface area contributed by atoms with E-state index in [0.29, 0.717) is 5.25 Å². The summed E-state index contributed by atoms with van der Waals surface area (Å²) in [5.41, 5.74) is 0.838. The highest BCUT2D eigenvalue weighted by Crippen LogP contribution is 2.19. The summed E-state index contributed by atoms with van der Waals surface area (Å²) in [6, 6.07) is 0. The van der Waals surface area contributed by atoms with E-state index in [2.05, 4.69) is 27.6 Å². The number of fused-ring (bicyclic) bond motifs is 1. The highest BCUT2D eigenvalue weighted by atomic mass is 127. The zero-order valence-electron chi connectivity index (χ0n) is 7.59. The number of nitrogens with one attached hydrogen (secondary N) is 1. The summed E-state index contributed by atoms with van der Waals surface area (Å²) in [6.45, 7) is 2.77. The molecule has 3 nitrogen and oxygen atoms in total. The normalized spacial score (nSPS) is 30.3. The lowest BCUT2D eigenvalue weighted by molar-refractivity contribution is -0.709. The minimum Gasteiger partial charge on any atom is -1.00 e.